The van der Waals surface area contributed by atoms with E-state index in [-0.39, 0.29) is 5.92 Å². The number of carbonyl (C=O) groups excluding carboxylic acids is 1. The summed E-state index contributed by atoms with van der Waals surface area (Å²) in [4.78, 5) is 21.6. The Morgan fingerprint density at radius 3 is 2.53 bits per heavy atom. The summed E-state index contributed by atoms with van der Waals surface area (Å²) in [6.45, 7) is 4.13. The zero-order valence-electron chi connectivity index (χ0n) is 10.6. The fourth-order valence-electron chi connectivity index (χ4n) is 1.38. The van der Waals surface area contributed by atoms with Crippen LogP contribution >= 0.6 is 0 Å². The van der Waals surface area contributed by atoms with Crippen LogP contribution in [0.2, 0.25) is 0 Å². The highest BCUT2D eigenvalue weighted by atomic mass is 19.2. The monoisotopic (exact) mass is 272 g/mol. The molecule has 1 amide bonds. The van der Waals surface area contributed by atoms with Crippen molar-refractivity contribution >= 4 is 11.6 Å². The summed E-state index contributed by atoms with van der Waals surface area (Å²) in [5, 5.41) is 13.2. The first-order valence-electron chi connectivity index (χ1n) is 5.78. The van der Waals surface area contributed by atoms with Gasteiger partial charge in [0.15, 0.2) is 11.6 Å². The van der Waals surface area contributed by atoms with Crippen LogP contribution in [0.25, 0.3) is 0 Å². The number of nitrogens with zero attached hydrogens (tertiary/aromatic N) is 1. The minimum Gasteiger partial charge on any atom is -0.352 e. The topological polar surface area (TPSA) is 72.2 Å². The molecule has 0 aliphatic rings. The summed E-state index contributed by atoms with van der Waals surface area (Å²) in [6.07, 6.45) is 0.820. The van der Waals surface area contributed by atoms with Gasteiger partial charge in [0.25, 0.3) is 11.6 Å². The standard InChI is InChI=1S/C12H14F2N2O3/c1-3-7(2)6-15-12(17)8-4-9(13)10(14)5-11(8)16(18)19/h4-5,7H,3,6H2,1-2H3,(H,15,17). The average Bonchev–Trinajstić information content (AvgIpc) is 2.37. The molecule has 104 valence electrons. The van der Waals surface area contributed by atoms with Gasteiger partial charge in [0.2, 0.25) is 0 Å². The molecule has 0 saturated heterocycles. The van der Waals surface area contributed by atoms with Gasteiger partial charge < -0.3 is 5.32 Å². The maximum atomic E-state index is 13.1. The van der Waals surface area contributed by atoms with E-state index in [4.69, 9.17) is 0 Å². The third kappa shape index (κ3) is 3.70. The van der Waals surface area contributed by atoms with Crippen molar-refractivity contribution in [3.05, 3.63) is 39.4 Å². The molecule has 1 aromatic carbocycles. The Morgan fingerprint density at radius 2 is 2.00 bits per heavy atom. The molecule has 0 heterocycles. The lowest BCUT2D eigenvalue weighted by atomic mass is 10.1. The van der Waals surface area contributed by atoms with Crippen molar-refractivity contribution in [3.8, 4) is 0 Å². The molecule has 5 nitrogen and oxygen atoms in total. The van der Waals surface area contributed by atoms with Gasteiger partial charge in [0.1, 0.15) is 5.56 Å². The van der Waals surface area contributed by atoms with Gasteiger partial charge in [-0.1, -0.05) is 20.3 Å². The van der Waals surface area contributed by atoms with Crippen LogP contribution in [0.5, 0.6) is 0 Å². The van der Waals surface area contributed by atoms with E-state index in [0.717, 1.165) is 6.42 Å². The lowest BCUT2D eigenvalue weighted by Crippen LogP contribution is -2.28. The minimum atomic E-state index is -1.36. The SMILES string of the molecule is CCC(C)CNC(=O)c1cc(F)c(F)cc1[N+](=O)[O-]. The van der Waals surface area contributed by atoms with Crippen molar-refractivity contribution in [1.82, 2.24) is 5.32 Å². The number of nitrogens with one attached hydrogen (secondary N) is 1. The van der Waals surface area contributed by atoms with E-state index < -0.39 is 33.7 Å². The largest absolute Gasteiger partial charge is 0.352 e. The smallest absolute Gasteiger partial charge is 0.285 e. The van der Waals surface area contributed by atoms with Gasteiger partial charge in [-0.3, -0.25) is 14.9 Å². The molecule has 0 aliphatic heterocycles. The fourth-order valence-corrected chi connectivity index (χ4v) is 1.38. The van der Waals surface area contributed by atoms with Crippen molar-refractivity contribution in [2.75, 3.05) is 6.54 Å². The van der Waals surface area contributed by atoms with Crippen LogP contribution in [0, 0.1) is 27.7 Å². The number of benzene rings is 1. The van der Waals surface area contributed by atoms with Crippen LogP contribution in [-0.2, 0) is 0 Å². The normalized spacial score (nSPS) is 12.0. The number of hydrogen-bond donors (Lipinski definition) is 1. The average molecular weight is 272 g/mol. The first-order chi connectivity index (χ1) is 8.86. The Morgan fingerprint density at radius 1 is 1.42 bits per heavy atom. The van der Waals surface area contributed by atoms with Crippen molar-refractivity contribution < 1.29 is 18.5 Å². The van der Waals surface area contributed by atoms with E-state index in [1.165, 1.54) is 0 Å². The summed E-state index contributed by atoms with van der Waals surface area (Å²) >= 11 is 0. The zero-order valence-corrected chi connectivity index (χ0v) is 10.6. The van der Waals surface area contributed by atoms with E-state index >= 15 is 0 Å². The predicted octanol–water partition coefficient (Wildman–Crippen LogP) is 2.65. The van der Waals surface area contributed by atoms with Crippen molar-refractivity contribution in [1.29, 1.82) is 0 Å². The maximum Gasteiger partial charge on any atom is 0.285 e. The Bertz CT molecular complexity index is 506. The number of halogens is 2. The molecule has 0 bridgehead atoms. The number of nitro groups is 1. The number of hydrogen-bond acceptors (Lipinski definition) is 3. The Hall–Kier alpha value is -2.05. The van der Waals surface area contributed by atoms with Crippen LogP contribution in [-0.4, -0.2) is 17.4 Å². The molecular formula is C12H14F2N2O3. The van der Waals surface area contributed by atoms with Crippen LogP contribution < -0.4 is 5.32 Å². The van der Waals surface area contributed by atoms with Gasteiger partial charge in [0.05, 0.1) is 11.0 Å². The van der Waals surface area contributed by atoms with Crippen LogP contribution in [0.4, 0.5) is 14.5 Å². The molecular weight excluding hydrogens is 258 g/mol. The molecule has 0 saturated carbocycles. The molecule has 0 radical (unpaired) electrons. The second-order valence-corrected chi connectivity index (χ2v) is 4.26. The van der Waals surface area contributed by atoms with Crippen LogP contribution in [0.15, 0.2) is 12.1 Å². The van der Waals surface area contributed by atoms with Gasteiger partial charge in [0, 0.05) is 6.54 Å². The highest BCUT2D eigenvalue weighted by molar-refractivity contribution is 5.98. The molecule has 1 aromatic rings. The van der Waals surface area contributed by atoms with E-state index in [2.05, 4.69) is 5.32 Å². The second-order valence-electron chi connectivity index (χ2n) is 4.26. The molecule has 1 unspecified atom stereocenters. The fraction of sp³-hybridized carbons (Fsp3) is 0.417. The van der Waals surface area contributed by atoms with Crippen molar-refractivity contribution in [2.24, 2.45) is 5.92 Å². The predicted molar refractivity (Wildman–Crippen MR) is 64.8 cm³/mol. The van der Waals surface area contributed by atoms with E-state index in [1.54, 1.807) is 0 Å². The molecule has 0 aliphatic carbocycles. The van der Waals surface area contributed by atoms with Crippen LogP contribution in [0.1, 0.15) is 30.6 Å². The number of rotatable bonds is 5. The second kappa shape index (κ2) is 6.21. The summed E-state index contributed by atoms with van der Waals surface area (Å²) in [6, 6.07) is 0.951. The maximum absolute atomic E-state index is 13.1. The van der Waals surface area contributed by atoms with Gasteiger partial charge in [-0.25, -0.2) is 8.78 Å². The van der Waals surface area contributed by atoms with E-state index in [0.29, 0.717) is 18.7 Å². The van der Waals surface area contributed by atoms with Crippen molar-refractivity contribution in [2.45, 2.75) is 20.3 Å². The first-order valence-corrected chi connectivity index (χ1v) is 5.78. The first kappa shape index (κ1) is 15.0. The molecule has 1 atom stereocenters. The van der Waals surface area contributed by atoms with Gasteiger partial charge in [-0.05, 0) is 12.0 Å². The van der Waals surface area contributed by atoms with Crippen LogP contribution in [0.3, 0.4) is 0 Å². The van der Waals surface area contributed by atoms with E-state index in [1.807, 2.05) is 13.8 Å². The molecule has 7 heteroatoms. The zero-order chi connectivity index (χ0) is 14.6. The van der Waals surface area contributed by atoms with Crippen molar-refractivity contribution in [3.63, 3.8) is 0 Å². The quantitative estimate of drug-likeness (QED) is 0.661. The molecule has 1 N–H and O–H groups in total. The molecule has 1 rings (SSSR count). The number of amides is 1. The minimum absolute atomic E-state index is 0.188. The van der Waals surface area contributed by atoms with E-state index in [9.17, 15) is 23.7 Å². The van der Waals surface area contributed by atoms with Gasteiger partial charge in [-0.15, -0.1) is 0 Å². The molecule has 0 spiro atoms. The number of carbonyl (C=O) groups is 1. The third-order valence-electron chi connectivity index (χ3n) is 2.79. The highest BCUT2D eigenvalue weighted by Gasteiger charge is 2.23. The summed E-state index contributed by atoms with van der Waals surface area (Å²) in [5.74, 6) is -3.25. The summed E-state index contributed by atoms with van der Waals surface area (Å²) in [5.41, 5.74) is -1.23. The lowest BCUT2D eigenvalue weighted by molar-refractivity contribution is -0.385. The molecule has 19 heavy (non-hydrogen) atoms. The van der Waals surface area contributed by atoms with Gasteiger partial charge >= 0.3 is 0 Å². The Kier molecular flexibility index (Phi) is 4.91. The van der Waals surface area contributed by atoms with Gasteiger partial charge in [-0.2, -0.15) is 0 Å². The summed E-state index contributed by atoms with van der Waals surface area (Å²) < 4.78 is 26.0. The third-order valence-corrected chi connectivity index (χ3v) is 2.79. The molecule has 0 fully saturated rings. The lowest BCUT2D eigenvalue weighted by Gasteiger charge is -2.10. The number of nitro benzene ring substituents is 1. The Labute approximate surface area is 108 Å². The molecule has 0 aromatic heterocycles. The summed E-state index contributed by atoms with van der Waals surface area (Å²) in [7, 11) is 0. The highest BCUT2D eigenvalue weighted by Crippen LogP contribution is 2.22. The Balaban J connectivity index is 3.01.